The molecule has 1 unspecified atom stereocenters. The fourth-order valence-electron chi connectivity index (χ4n) is 2.87. The molecule has 4 nitrogen and oxygen atoms in total. The first kappa shape index (κ1) is 16.2. The molecule has 0 bridgehead atoms. The van der Waals surface area contributed by atoms with Gasteiger partial charge in [-0.25, -0.2) is 4.39 Å². The number of carbonyl (C=O) groups is 1. The highest BCUT2D eigenvalue weighted by molar-refractivity contribution is 6.42. The number of fused-ring (bicyclic) bond motifs is 1. The number of amides is 1. The van der Waals surface area contributed by atoms with E-state index in [0.717, 1.165) is 5.56 Å². The van der Waals surface area contributed by atoms with Crippen molar-refractivity contribution in [2.45, 2.75) is 19.3 Å². The fourth-order valence-corrected chi connectivity index (χ4v) is 2.87. The van der Waals surface area contributed by atoms with Gasteiger partial charge in [-0.1, -0.05) is 31.2 Å². The first-order valence-corrected chi connectivity index (χ1v) is 7.93. The molecule has 0 aromatic heterocycles. The van der Waals surface area contributed by atoms with Crippen LogP contribution in [-0.4, -0.2) is 24.8 Å². The van der Waals surface area contributed by atoms with Crippen molar-refractivity contribution in [3.05, 3.63) is 59.9 Å². The molecule has 2 aromatic carbocycles. The molecule has 0 spiro atoms. The number of nitrogens with zero attached hydrogens (tertiary/aromatic N) is 1. The number of carbonyl (C=O) groups excluding carboxylic acids is 1. The van der Waals surface area contributed by atoms with Gasteiger partial charge in [0.25, 0.3) is 5.91 Å². The Kier molecular flexibility index (Phi) is 4.60. The summed E-state index contributed by atoms with van der Waals surface area (Å²) in [6.45, 7) is 2.73. The summed E-state index contributed by atoms with van der Waals surface area (Å²) in [5, 5.41) is 8.18. The van der Waals surface area contributed by atoms with Crippen LogP contribution in [0.3, 0.4) is 0 Å². The topological polar surface area (TPSA) is 53.4 Å². The predicted molar refractivity (Wildman–Crippen MR) is 91.4 cm³/mol. The Morgan fingerprint density at radius 3 is 2.88 bits per heavy atom. The molecule has 3 rings (SSSR count). The number of benzene rings is 2. The first-order chi connectivity index (χ1) is 11.6. The van der Waals surface area contributed by atoms with E-state index in [1.807, 2.05) is 37.3 Å². The zero-order valence-corrected chi connectivity index (χ0v) is 13.5. The maximum Gasteiger partial charge on any atom is 0.272 e. The Morgan fingerprint density at radius 2 is 2.08 bits per heavy atom. The van der Waals surface area contributed by atoms with E-state index in [-0.39, 0.29) is 29.8 Å². The van der Waals surface area contributed by atoms with E-state index in [0.29, 0.717) is 24.6 Å². The van der Waals surface area contributed by atoms with Gasteiger partial charge in [0.15, 0.2) is 0 Å². The summed E-state index contributed by atoms with van der Waals surface area (Å²) in [6, 6.07) is 13.6. The Bertz CT molecular complexity index is 775. The highest BCUT2D eigenvalue weighted by Gasteiger charge is 2.26. The average molecular weight is 326 g/mol. The van der Waals surface area contributed by atoms with E-state index in [4.69, 9.17) is 10.1 Å². The lowest BCUT2D eigenvalue weighted by atomic mass is 9.94. The van der Waals surface area contributed by atoms with Gasteiger partial charge in [0.1, 0.15) is 18.2 Å². The monoisotopic (exact) mass is 326 g/mol. The van der Waals surface area contributed by atoms with Gasteiger partial charge in [-0.2, -0.15) is 0 Å². The van der Waals surface area contributed by atoms with Crippen LogP contribution in [0.25, 0.3) is 0 Å². The molecule has 5 heteroatoms. The summed E-state index contributed by atoms with van der Waals surface area (Å²) in [6.07, 6.45) is 0.266. The Hall–Kier alpha value is -2.69. The van der Waals surface area contributed by atoms with E-state index in [9.17, 15) is 9.18 Å². The number of ether oxygens (including phenoxy) is 1. The van der Waals surface area contributed by atoms with Crippen LogP contribution < -0.4 is 9.64 Å². The highest BCUT2D eigenvalue weighted by atomic mass is 19.1. The van der Waals surface area contributed by atoms with E-state index in [1.165, 1.54) is 12.1 Å². The first-order valence-electron chi connectivity index (χ1n) is 7.93. The van der Waals surface area contributed by atoms with Gasteiger partial charge < -0.3 is 9.64 Å². The number of nitrogens with one attached hydrogen (secondary N) is 1. The van der Waals surface area contributed by atoms with Gasteiger partial charge in [0, 0.05) is 6.42 Å². The van der Waals surface area contributed by atoms with Crippen molar-refractivity contribution in [3.63, 3.8) is 0 Å². The molecule has 24 heavy (non-hydrogen) atoms. The SMILES string of the molecule is CC(CC(=N)C(=O)N1CCOc2ccccc21)c1cccc(F)c1. The van der Waals surface area contributed by atoms with Gasteiger partial charge in [0.2, 0.25) is 0 Å². The summed E-state index contributed by atoms with van der Waals surface area (Å²) in [5.41, 5.74) is 1.50. The van der Waals surface area contributed by atoms with Crippen LogP contribution in [0.4, 0.5) is 10.1 Å². The normalized spacial score (nSPS) is 14.5. The molecule has 0 aliphatic carbocycles. The Morgan fingerprint density at radius 1 is 1.29 bits per heavy atom. The molecule has 1 N–H and O–H groups in total. The van der Waals surface area contributed by atoms with Crippen LogP contribution in [0.1, 0.15) is 24.8 Å². The molecule has 1 aliphatic heterocycles. The quantitative estimate of drug-likeness (QED) is 0.870. The molecule has 0 fully saturated rings. The number of anilines is 1. The van der Waals surface area contributed by atoms with Crippen LogP contribution in [0.5, 0.6) is 5.75 Å². The Labute approximate surface area is 140 Å². The minimum absolute atomic E-state index is 0.0171. The van der Waals surface area contributed by atoms with Crippen molar-refractivity contribution in [2.75, 3.05) is 18.1 Å². The van der Waals surface area contributed by atoms with Gasteiger partial charge >= 0.3 is 0 Å². The lowest BCUT2D eigenvalue weighted by Crippen LogP contribution is -2.41. The molecular weight excluding hydrogens is 307 g/mol. The molecule has 1 amide bonds. The molecule has 2 aromatic rings. The number of hydrogen-bond acceptors (Lipinski definition) is 3. The van der Waals surface area contributed by atoms with Crippen molar-refractivity contribution >= 4 is 17.3 Å². The minimum atomic E-state index is -0.325. The fraction of sp³-hybridized carbons (Fsp3) is 0.263. The predicted octanol–water partition coefficient (Wildman–Crippen LogP) is 3.76. The molecule has 1 atom stereocenters. The second-order valence-corrected chi connectivity index (χ2v) is 5.91. The van der Waals surface area contributed by atoms with Crippen molar-refractivity contribution < 1.29 is 13.9 Å². The Balaban J connectivity index is 1.73. The smallest absolute Gasteiger partial charge is 0.272 e. The highest BCUT2D eigenvalue weighted by Crippen LogP contribution is 2.31. The maximum absolute atomic E-state index is 13.3. The number of para-hydroxylation sites is 2. The molecule has 0 radical (unpaired) electrons. The lowest BCUT2D eigenvalue weighted by molar-refractivity contribution is -0.113. The van der Waals surface area contributed by atoms with E-state index in [1.54, 1.807) is 11.0 Å². The molecule has 0 saturated heterocycles. The summed E-state index contributed by atoms with van der Waals surface area (Å²) in [5.74, 6) is -0.0789. The summed E-state index contributed by atoms with van der Waals surface area (Å²) in [7, 11) is 0. The number of halogens is 1. The second-order valence-electron chi connectivity index (χ2n) is 5.91. The zero-order valence-electron chi connectivity index (χ0n) is 13.5. The number of rotatable bonds is 4. The van der Waals surface area contributed by atoms with E-state index < -0.39 is 0 Å². The molecule has 0 saturated carbocycles. The second kappa shape index (κ2) is 6.83. The van der Waals surface area contributed by atoms with E-state index >= 15 is 0 Å². The molecule has 124 valence electrons. The summed E-state index contributed by atoms with van der Waals surface area (Å²) < 4.78 is 18.9. The third-order valence-electron chi connectivity index (χ3n) is 4.16. The summed E-state index contributed by atoms with van der Waals surface area (Å²) >= 11 is 0. The minimum Gasteiger partial charge on any atom is -0.490 e. The third kappa shape index (κ3) is 3.30. The van der Waals surface area contributed by atoms with Gasteiger partial charge in [-0.3, -0.25) is 10.2 Å². The maximum atomic E-state index is 13.3. The standard InChI is InChI=1S/C19H19FN2O2/c1-13(14-5-4-6-15(20)12-14)11-16(21)19(23)22-9-10-24-18-8-3-2-7-17(18)22/h2-8,12-13,21H,9-11H2,1H3. The largest absolute Gasteiger partial charge is 0.490 e. The van der Waals surface area contributed by atoms with Crippen molar-refractivity contribution in [3.8, 4) is 5.75 Å². The van der Waals surface area contributed by atoms with Gasteiger partial charge in [-0.15, -0.1) is 0 Å². The zero-order chi connectivity index (χ0) is 17.1. The van der Waals surface area contributed by atoms with Crippen LogP contribution in [0.15, 0.2) is 48.5 Å². The lowest BCUT2D eigenvalue weighted by Gasteiger charge is -2.29. The van der Waals surface area contributed by atoms with Crippen LogP contribution in [-0.2, 0) is 4.79 Å². The van der Waals surface area contributed by atoms with Gasteiger partial charge in [-0.05, 0) is 35.7 Å². The molecule has 1 heterocycles. The van der Waals surface area contributed by atoms with E-state index in [2.05, 4.69) is 0 Å². The third-order valence-corrected chi connectivity index (χ3v) is 4.16. The van der Waals surface area contributed by atoms with Crippen LogP contribution in [0, 0.1) is 11.2 Å². The van der Waals surface area contributed by atoms with Crippen LogP contribution >= 0.6 is 0 Å². The van der Waals surface area contributed by atoms with Crippen molar-refractivity contribution in [2.24, 2.45) is 0 Å². The average Bonchev–Trinajstić information content (AvgIpc) is 2.60. The van der Waals surface area contributed by atoms with Crippen molar-refractivity contribution in [1.29, 1.82) is 5.41 Å². The molecule has 1 aliphatic rings. The van der Waals surface area contributed by atoms with Crippen molar-refractivity contribution in [1.82, 2.24) is 0 Å². The van der Waals surface area contributed by atoms with Gasteiger partial charge in [0.05, 0.1) is 17.9 Å². The number of hydrogen-bond donors (Lipinski definition) is 1. The molecular formula is C19H19FN2O2. The van der Waals surface area contributed by atoms with Crippen LogP contribution in [0.2, 0.25) is 0 Å². The summed E-state index contributed by atoms with van der Waals surface area (Å²) in [4.78, 5) is 14.2.